The van der Waals surface area contributed by atoms with Crippen LogP contribution in [0, 0.1) is 23.3 Å². The van der Waals surface area contributed by atoms with Gasteiger partial charge in [0.05, 0.1) is 0 Å². The second-order valence-electron chi connectivity index (χ2n) is 6.13. The Labute approximate surface area is 154 Å². The normalized spacial score (nSPS) is 13.1. The molecule has 0 saturated carbocycles. The Balaban J connectivity index is 1.71. The van der Waals surface area contributed by atoms with E-state index in [0.29, 0.717) is 29.6 Å². The van der Waals surface area contributed by atoms with Crippen LogP contribution in [0.15, 0.2) is 24.3 Å². The molecule has 0 bridgehead atoms. The maximum atomic E-state index is 13.7. The molecule has 28 heavy (non-hydrogen) atoms. The van der Waals surface area contributed by atoms with Crippen LogP contribution in [0.5, 0.6) is 5.75 Å². The van der Waals surface area contributed by atoms with E-state index in [1.54, 1.807) is 12.1 Å². The lowest BCUT2D eigenvalue weighted by Crippen LogP contribution is -2.33. The van der Waals surface area contributed by atoms with E-state index in [2.05, 4.69) is 9.72 Å². The average molecular weight is 393 g/mol. The number of ether oxygens (including phenoxy) is 1. The SMILES string of the molecule is NC(=O)N1CCc2c1ccc1[nH]c(C(=O)Oc3c(F)c(F)cc(F)c3F)cc21. The number of H-pyrrole nitrogens is 1. The van der Waals surface area contributed by atoms with Gasteiger partial charge in [0.2, 0.25) is 17.4 Å². The van der Waals surface area contributed by atoms with Crippen molar-refractivity contribution in [2.45, 2.75) is 6.42 Å². The van der Waals surface area contributed by atoms with Gasteiger partial charge < -0.3 is 15.5 Å². The lowest BCUT2D eigenvalue weighted by atomic mass is 10.1. The Morgan fingerprint density at radius 1 is 1.07 bits per heavy atom. The predicted octanol–water partition coefficient (Wildman–Crippen LogP) is 3.38. The van der Waals surface area contributed by atoms with Gasteiger partial charge in [-0.2, -0.15) is 8.78 Å². The first-order valence-electron chi connectivity index (χ1n) is 8.04. The quantitative estimate of drug-likeness (QED) is 0.303. The number of nitrogens with one attached hydrogen (secondary N) is 1. The van der Waals surface area contributed by atoms with E-state index in [0.717, 1.165) is 5.56 Å². The Morgan fingerprint density at radius 3 is 2.39 bits per heavy atom. The van der Waals surface area contributed by atoms with E-state index >= 15 is 0 Å². The molecule has 1 aromatic heterocycles. The zero-order valence-electron chi connectivity index (χ0n) is 14.0. The van der Waals surface area contributed by atoms with Crippen LogP contribution in [0.1, 0.15) is 16.1 Å². The van der Waals surface area contributed by atoms with Crippen molar-refractivity contribution in [3.8, 4) is 5.75 Å². The zero-order valence-corrected chi connectivity index (χ0v) is 14.0. The van der Waals surface area contributed by atoms with Gasteiger partial charge in [0.25, 0.3) is 0 Å². The van der Waals surface area contributed by atoms with Crippen molar-refractivity contribution >= 4 is 28.6 Å². The van der Waals surface area contributed by atoms with Crippen molar-refractivity contribution in [2.75, 3.05) is 11.4 Å². The first-order valence-corrected chi connectivity index (χ1v) is 8.04. The highest BCUT2D eigenvalue weighted by Crippen LogP contribution is 2.35. The lowest BCUT2D eigenvalue weighted by Gasteiger charge is -2.13. The van der Waals surface area contributed by atoms with Crippen LogP contribution in [0.2, 0.25) is 0 Å². The minimum atomic E-state index is -1.82. The van der Waals surface area contributed by atoms with Crippen LogP contribution in [0.4, 0.5) is 28.0 Å². The summed E-state index contributed by atoms with van der Waals surface area (Å²) < 4.78 is 58.5. The molecule has 1 aliphatic rings. The number of hydrogen-bond acceptors (Lipinski definition) is 3. The van der Waals surface area contributed by atoms with E-state index in [1.807, 2.05) is 0 Å². The molecule has 0 radical (unpaired) electrons. The molecule has 3 N–H and O–H groups in total. The summed E-state index contributed by atoms with van der Waals surface area (Å²) >= 11 is 0. The third-order valence-electron chi connectivity index (χ3n) is 4.52. The first-order chi connectivity index (χ1) is 13.3. The molecule has 1 aliphatic heterocycles. The second kappa shape index (κ2) is 6.25. The Bertz CT molecular complexity index is 1130. The van der Waals surface area contributed by atoms with Crippen molar-refractivity contribution in [1.29, 1.82) is 0 Å². The third-order valence-corrected chi connectivity index (χ3v) is 4.52. The summed E-state index contributed by atoms with van der Waals surface area (Å²) in [4.78, 5) is 27.8. The number of aromatic amines is 1. The zero-order chi connectivity index (χ0) is 20.2. The number of primary amides is 1. The van der Waals surface area contributed by atoms with Gasteiger partial charge >= 0.3 is 12.0 Å². The molecule has 6 nitrogen and oxygen atoms in total. The smallest absolute Gasteiger partial charge is 0.360 e. The number of fused-ring (bicyclic) bond motifs is 3. The fourth-order valence-corrected chi connectivity index (χ4v) is 3.24. The van der Waals surface area contributed by atoms with Crippen molar-refractivity contribution < 1.29 is 31.9 Å². The summed E-state index contributed by atoms with van der Waals surface area (Å²) in [6.45, 7) is 0.369. The highest BCUT2D eigenvalue weighted by atomic mass is 19.2. The lowest BCUT2D eigenvalue weighted by molar-refractivity contribution is 0.0712. The van der Waals surface area contributed by atoms with Gasteiger partial charge in [-0.15, -0.1) is 0 Å². The predicted molar refractivity (Wildman–Crippen MR) is 90.2 cm³/mol. The van der Waals surface area contributed by atoms with E-state index in [-0.39, 0.29) is 11.8 Å². The average Bonchev–Trinajstić information content (AvgIpc) is 3.26. The van der Waals surface area contributed by atoms with Crippen LogP contribution >= 0.6 is 0 Å². The number of urea groups is 1. The fourth-order valence-electron chi connectivity index (χ4n) is 3.24. The monoisotopic (exact) mass is 393 g/mol. The minimum absolute atomic E-state index is 0.0126. The molecule has 2 amide bonds. The standard InChI is InChI=1S/C18H11F4N3O3/c19-9-6-10(20)15(22)16(14(9)21)28-17(26)12-5-8-7-3-4-25(18(23)27)13(7)2-1-11(8)24-12/h1-2,5-6,24H,3-4H2,(H2,23,27). The summed E-state index contributed by atoms with van der Waals surface area (Å²) in [5.41, 5.74) is 6.97. The number of carbonyl (C=O) groups is 2. The summed E-state index contributed by atoms with van der Waals surface area (Å²) in [6.07, 6.45) is 0.486. The Kier molecular flexibility index (Phi) is 3.98. The second-order valence-corrected chi connectivity index (χ2v) is 6.13. The number of nitrogens with two attached hydrogens (primary N) is 1. The van der Waals surface area contributed by atoms with Crippen molar-refractivity contribution in [1.82, 2.24) is 4.98 Å². The fraction of sp³-hybridized carbons (Fsp3) is 0.111. The number of benzene rings is 2. The molecule has 2 aromatic carbocycles. The van der Waals surface area contributed by atoms with Crippen molar-refractivity contribution in [2.24, 2.45) is 5.73 Å². The molecule has 0 unspecified atom stereocenters. The van der Waals surface area contributed by atoms with Crippen LogP contribution in [-0.4, -0.2) is 23.5 Å². The minimum Gasteiger partial charge on any atom is -0.415 e. The number of aromatic nitrogens is 1. The highest BCUT2D eigenvalue weighted by Gasteiger charge is 2.27. The summed E-state index contributed by atoms with van der Waals surface area (Å²) in [7, 11) is 0. The number of rotatable bonds is 2. The van der Waals surface area contributed by atoms with Gasteiger partial charge in [0.15, 0.2) is 11.6 Å². The molecule has 144 valence electrons. The van der Waals surface area contributed by atoms with E-state index < -0.39 is 41.0 Å². The number of hydrogen-bond donors (Lipinski definition) is 2. The van der Waals surface area contributed by atoms with Crippen LogP contribution in [-0.2, 0) is 6.42 Å². The number of nitrogens with zero attached hydrogens (tertiary/aromatic N) is 1. The number of amides is 2. The van der Waals surface area contributed by atoms with Gasteiger partial charge in [-0.3, -0.25) is 4.90 Å². The van der Waals surface area contributed by atoms with Crippen molar-refractivity contribution in [3.05, 3.63) is 58.8 Å². The van der Waals surface area contributed by atoms with Gasteiger partial charge in [-0.1, -0.05) is 0 Å². The maximum Gasteiger partial charge on any atom is 0.360 e. The van der Waals surface area contributed by atoms with Gasteiger partial charge in [-0.05, 0) is 30.2 Å². The molecule has 4 rings (SSSR count). The van der Waals surface area contributed by atoms with Gasteiger partial charge in [0.1, 0.15) is 5.69 Å². The molecule has 0 spiro atoms. The van der Waals surface area contributed by atoms with E-state index in [9.17, 15) is 27.2 Å². The summed E-state index contributed by atoms with van der Waals surface area (Å²) in [6, 6.07) is 4.00. The molecule has 2 heterocycles. The number of anilines is 1. The molecule has 10 heteroatoms. The summed E-state index contributed by atoms with van der Waals surface area (Å²) in [5.74, 6) is -9.73. The molecule has 3 aromatic rings. The van der Waals surface area contributed by atoms with E-state index in [4.69, 9.17) is 5.73 Å². The Hall–Kier alpha value is -3.56. The van der Waals surface area contributed by atoms with Crippen LogP contribution in [0.25, 0.3) is 10.9 Å². The largest absolute Gasteiger partial charge is 0.415 e. The molecule has 0 saturated heterocycles. The molecular formula is C18H11F4N3O3. The number of carbonyl (C=O) groups excluding carboxylic acids is 2. The molecule has 0 atom stereocenters. The number of esters is 1. The molecule has 0 fully saturated rings. The van der Waals surface area contributed by atoms with Crippen LogP contribution < -0.4 is 15.4 Å². The maximum absolute atomic E-state index is 13.7. The Morgan fingerprint density at radius 2 is 1.75 bits per heavy atom. The van der Waals surface area contributed by atoms with Crippen LogP contribution in [0.3, 0.4) is 0 Å². The van der Waals surface area contributed by atoms with Gasteiger partial charge in [-0.25, -0.2) is 18.4 Å². The molecule has 0 aliphatic carbocycles. The highest BCUT2D eigenvalue weighted by molar-refractivity contribution is 6.02. The first kappa shape index (κ1) is 17.8. The van der Waals surface area contributed by atoms with Gasteiger partial charge in [0, 0.05) is 29.2 Å². The van der Waals surface area contributed by atoms with E-state index in [1.165, 1.54) is 11.0 Å². The summed E-state index contributed by atoms with van der Waals surface area (Å²) in [5, 5.41) is 0.583. The van der Waals surface area contributed by atoms with Crippen molar-refractivity contribution in [3.63, 3.8) is 0 Å². The topological polar surface area (TPSA) is 88.4 Å². The molecular weight excluding hydrogens is 382 g/mol. The number of halogens is 4. The third kappa shape index (κ3) is 2.65.